The molecular formula is C24H23ClN2O3S2. The number of hydrogen-bond donors (Lipinski definition) is 1. The largest absolute Gasteiger partial charge is 0.481 e. The highest BCUT2D eigenvalue weighted by molar-refractivity contribution is 8.16. The molecule has 1 N–H and O–H groups in total. The first kappa shape index (κ1) is 24.2. The zero-order chi connectivity index (χ0) is 23.1. The van der Waals surface area contributed by atoms with Crippen molar-refractivity contribution in [1.29, 1.82) is 0 Å². The first-order valence-electron chi connectivity index (χ1n) is 9.81. The third-order valence-corrected chi connectivity index (χ3v) is 7.55. The normalized spacial score (nSPS) is 12.2. The van der Waals surface area contributed by atoms with Crippen LogP contribution in [0.1, 0.15) is 21.4 Å². The molecule has 3 rings (SSSR count). The van der Waals surface area contributed by atoms with Crippen molar-refractivity contribution in [3.63, 3.8) is 0 Å². The van der Waals surface area contributed by atoms with Crippen LogP contribution in [-0.2, 0) is 9.59 Å². The summed E-state index contributed by atoms with van der Waals surface area (Å²) in [7, 11) is 3.42. The van der Waals surface area contributed by atoms with E-state index in [-0.39, 0.29) is 22.0 Å². The van der Waals surface area contributed by atoms with Gasteiger partial charge in [-0.05, 0) is 41.5 Å². The highest BCUT2D eigenvalue weighted by atomic mass is 35.5. The van der Waals surface area contributed by atoms with Crippen LogP contribution >= 0.6 is 35.1 Å². The van der Waals surface area contributed by atoms with E-state index < -0.39 is 5.97 Å². The van der Waals surface area contributed by atoms with Gasteiger partial charge in [-0.15, -0.1) is 23.5 Å². The second kappa shape index (κ2) is 11.4. The Hall–Kier alpha value is -2.48. The van der Waals surface area contributed by atoms with Crippen LogP contribution in [0.25, 0.3) is 23.1 Å². The monoisotopic (exact) mass is 486 g/mol. The zero-order valence-corrected chi connectivity index (χ0v) is 20.1. The van der Waals surface area contributed by atoms with Crippen LogP contribution in [0.5, 0.6) is 0 Å². The van der Waals surface area contributed by atoms with Gasteiger partial charge in [0.15, 0.2) is 0 Å². The number of fused-ring (bicyclic) bond motifs is 1. The van der Waals surface area contributed by atoms with E-state index >= 15 is 0 Å². The van der Waals surface area contributed by atoms with Gasteiger partial charge >= 0.3 is 5.97 Å². The number of nitrogens with zero attached hydrogens (tertiary/aromatic N) is 2. The Balaban J connectivity index is 1.79. The lowest BCUT2D eigenvalue weighted by atomic mass is 10.1. The number of benzene rings is 2. The zero-order valence-electron chi connectivity index (χ0n) is 17.7. The standard InChI is InChI=1S/C24H23ClN2O3S2/c1-27(2)22(28)14-31-24(32-15-23(29)30)18-5-3-4-16(12-18)6-10-20-11-8-17-7-9-19(25)13-21(17)26-20/h3-13,24H,14-15H2,1-2H3,(H,29,30)/b10-6+. The highest BCUT2D eigenvalue weighted by Crippen LogP contribution is 2.39. The molecule has 1 atom stereocenters. The van der Waals surface area contributed by atoms with Crippen LogP contribution < -0.4 is 0 Å². The summed E-state index contributed by atoms with van der Waals surface area (Å²) in [4.78, 5) is 29.3. The van der Waals surface area contributed by atoms with Gasteiger partial charge in [0.05, 0.1) is 27.3 Å². The summed E-state index contributed by atoms with van der Waals surface area (Å²) in [5.41, 5.74) is 3.58. The second-order valence-corrected chi connectivity index (χ2v) is 10.1. The number of amides is 1. The van der Waals surface area contributed by atoms with Crippen LogP contribution in [0.2, 0.25) is 5.02 Å². The molecule has 3 aromatic rings. The number of hydrogen-bond acceptors (Lipinski definition) is 5. The number of carboxylic acid groups (broad SMARTS) is 1. The van der Waals surface area contributed by atoms with E-state index in [0.717, 1.165) is 27.7 Å². The van der Waals surface area contributed by atoms with Crippen LogP contribution in [0, 0.1) is 0 Å². The molecule has 1 unspecified atom stereocenters. The summed E-state index contributed by atoms with van der Waals surface area (Å²) in [6.07, 6.45) is 3.90. The lowest BCUT2D eigenvalue weighted by molar-refractivity contribution is -0.134. The van der Waals surface area contributed by atoms with E-state index in [2.05, 4.69) is 4.98 Å². The minimum atomic E-state index is -0.877. The lowest BCUT2D eigenvalue weighted by Gasteiger charge is -2.17. The van der Waals surface area contributed by atoms with Gasteiger partial charge in [-0.2, -0.15) is 0 Å². The number of pyridine rings is 1. The molecule has 0 fully saturated rings. The van der Waals surface area contributed by atoms with Crippen LogP contribution in [0.4, 0.5) is 0 Å². The summed E-state index contributed by atoms with van der Waals surface area (Å²) in [6, 6.07) is 17.5. The van der Waals surface area contributed by atoms with E-state index in [0.29, 0.717) is 5.02 Å². The maximum atomic E-state index is 12.0. The van der Waals surface area contributed by atoms with Crippen molar-refractivity contribution >= 4 is 70.1 Å². The number of halogens is 1. The minimum Gasteiger partial charge on any atom is -0.481 e. The third-order valence-electron chi connectivity index (χ3n) is 4.52. The molecule has 0 aliphatic heterocycles. The van der Waals surface area contributed by atoms with Gasteiger partial charge in [-0.1, -0.05) is 48.0 Å². The Labute approximate surface area is 200 Å². The van der Waals surface area contributed by atoms with Gasteiger partial charge in [-0.3, -0.25) is 9.59 Å². The van der Waals surface area contributed by atoms with Crippen molar-refractivity contribution in [2.75, 3.05) is 25.6 Å². The maximum absolute atomic E-state index is 12.0. The molecule has 0 radical (unpaired) electrons. The predicted octanol–water partition coefficient (Wildman–Crippen LogP) is 5.70. The lowest BCUT2D eigenvalue weighted by Crippen LogP contribution is -2.23. The summed E-state index contributed by atoms with van der Waals surface area (Å²) in [5, 5.41) is 10.8. The van der Waals surface area contributed by atoms with Crippen molar-refractivity contribution in [3.8, 4) is 0 Å². The van der Waals surface area contributed by atoms with Crippen molar-refractivity contribution in [2.45, 2.75) is 4.58 Å². The number of thioether (sulfide) groups is 2. The summed E-state index contributed by atoms with van der Waals surface area (Å²) in [5.74, 6) is -0.627. The molecule has 0 spiro atoms. The summed E-state index contributed by atoms with van der Waals surface area (Å²) in [6.45, 7) is 0. The molecule has 8 heteroatoms. The van der Waals surface area contributed by atoms with Crippen LogP contribution in [0.3, 0.4) is 0 Å². The molecule has 1 heterocycles. The van der Waals surface area contributed by atoms with E-state index in [1.165, 1.54) is 28.4 Å². The molecule has 5 nitrogen and oxygen atoms in total. The first-order chi connectivity index (χ1) is 15.3. The molecule has 1 amide bonds. The Kier molecular flexibility index (Phi) is 8.61. The van der Waals surface area contributed by atoms with Gasteiger partial charge in [-0.25, -0.2) is 4.98 Å². The van der Waals surface area contributed by atoms with Crippen LogP contribution in [0.15, 0.2) is 54.6 Å². The molecule has 0 aliphatic carbocycles. The minimum absolute atomic E-state index is 0.00513. The predicted molar refractivity (Wildman–Crippen MR) is 136 cm³/mol. The fraction of sp³-hybridized carbons (Fsp3) is 0.208. The molecule has 166 valence electrons. The number of aromatic nitrogens is 1. The van der Waals surface area contributed by atoms with Crippen molar-refractivity contribution < 1.29 is 14.7 Å². The highest BCUT2D eigenvalue weighted by Gasteiger charge is 2.17. The SMILES string of the molecule is CN(C)C(=O)CSC(SCC(=O)O)c1cccc(/C=C/c2ccc3ccc(Cl)cc3n2)c1. The Morgan fingerprint density at radius 3 is 2.56 bits per heavy atom. The van der Waals surface area contributed by atoms with E-state index in [9.17, 15) is 9.59 Å². The number of carbonyl (C=O) groups excluding carboxylic acids is 1. The Morgan fingerprint density at radius 2 is 1.81 bits per heavy atom. The fourth-order valence-electron chi connectivity index (χ4n) is 2.85. The molecule has 0 saturated heterocycles. The summed E-state index contributed by atoms with van der Waals surface area (Å²) < 4.78 is -0.163. The third kappa shape index (κ3) is 7.02. The second-order valence-electron chi connectivity index (χ2n) is 7.21. The molecule has 0 bridgehead atoms. The number of aliphatic carboxylic acids is 1. The van der Waals surface area contributed by atoms with E-state index in [1.807, 2.05) is 66.7 Å². The Bertz CT molecular complexity index is 1150. The van der Waals surface area contributed by atoms with Gasteiger partial charge in [0, 0.05) is 24.5 Å². The van der Waals surface area contributed by atoms with Crippen molar-refractivity contribution in [2.24, 2.45) is 0 Å². The van der Waals surface area contributed by atoms with Crippen molar-refractivity contribution in [3.05, 3.63) is 76.4 Å². The molecule has 0 aliphatic rings. The smallest absolute Gasteiger partial charge is 0.313 e. The molecular weight excluding hydrogens is 464 g/mol. The molecule has 32 heavy (non-hydrogen) atoms. The Morgan fingerprint density at radius 1 is 1.06 bits per heavy atom. The van der Waals surface area contributed by atoms with Gasteiger partial charge in [0.2, 0.25) is 5.91 Å². The maximum Gasteiger partial charge on any atom is 0.313 e. The molecule has 0 saturated carbocycles. The average Bonchev–Trinajstić information content (AvgIpc) is 2.77. The van der Waals surface area contributed by atoms with Crippen LogP contribution in [-0.4, -0.2) is 52.5 Å². The first-order valence-corrected chi connectivity index (χ1v) is 12.3. The van der Waals surface area contributed by atoms with E-state index in [4.69, 9.17) is 16.7 Å². The number of carbonyl (C=O) groups is 2. The van der Waals surface area contributed by atoms with Crippen molar-refractivity contribution in [1.82, 2.24) is 9.88 Å². The quantitative estimate of drug-likeness (QED) is 0.391. The number of rotatable bonds is 9. The van der Waals surface area contributed by atoms with Gasteiger partial charge in [0.1, 0.15) is 0 Å². The van der Waals surface area contributed by atoms with Gasteiger partial charge in [0.25, 0.3) is 0 Å². The topological polar surface area (TPSA) is 70.5 Å². The van der Waals surface area contributed by atoms with Gasteiger partial charge < -0.3 is 10.0 Å². The summed E-state index contributed by atoms with van der Waals surface area (Å²) >= 11 is 8.82. The van der Waals surface area contributed by atoms with E-state index in [1.54, 1.807) is 14.1 Å². The average molecular weight is 487 g/mol. The number of carboxylic acids is 1. The fourth-order valence-corrected chi connectivity index (χ4v) is 5.34. The molecule has 2 aromatic carbocycles. The molecule has 1 aromatic heterocycles.